The van der Waals surface area contributed by atoms with Crippen LogP contribution >= 0.6 is 0 Å². The summed E-state index contributed by atoms with van der Waals surface area (Å²) < 4.78 is 84.8. The number of ether oxygens (including phenoxy) is 1. The number of fused-ring (bicyclic) bond motifs is 1. The van der Waals surface area contributed by atoms with Gasteiger partial charge in [0.1, 0.15) is 17.2 Å². The maximum Gasteiger partial charge on any atom is 0.433 e. The number of aromatic amines is 1. The van der Waals surface area contributed by atoms with Gasteiger partial charge in [-0.3, -0.25) is 0 Å². The summed E-state index contributed by atoms with van der Waals surface area (Å²) in [5.41, 5.74) is -1.14. The Morgan fingerprint density at radius 2 is 1.54 bits per heavy atom. The summed E-state index contributed by atoms with van der Waals surface area (Å²) in [7, 11) is 0. The van der Waals surface area contributed by atoms with Crippen molar-refractivity contribution < 1.29 is 31.1 Å². The Morgan fingerprint density at radius 3 is 2.32 bits per heavy atom. The maximum absolute atomic E-state index is 13.4. The summed E-state index contributed by atoms with van der Waals surface area (Å²) in [5, 5.41) is 11.0. The normalized spacial score (nSPS) is 12.1. The molecule has 0 aliphatic carbocycles. The molecule has 2 N–H and O–H groups in total. The van der Waals surface area contributed by atoms with Gasteiger partial charge in [0.15, 0.2) is 5.82 Å². The van der Waals surface area contributed by atoms with Gasteiger partial charge >= 0.3 is 12.4 Å². The van der Waals surface area contributed by atoms with E-state index in [0.717, 1.165) is 18.2 Å². The van der Waals surface area contributed by atoms with E-state index in [4.69, 9.17) is 4.74 Å². The molecule has 2 heterocycles. The predicted molar refractivity (Wildman–Crippen MR) is 123 cm³/mol. The highest BCUT2D eigenvalue weighted by Gasteiger charge is 2.34. The molecule has 5 rings (SSSR count). The molecule has 188 valence electrons. The van der Waals surface area contributed by atoms with E-state index in [0.29, 0.717) is 10.9 Å². The minimum atomic E-state index is -4.66. The third-order valence-electron chi connectivity index (χ3n) is 5.24. The van der Waals surface area contributed by atoms with Crippen molar-refractivity contribution in [3.05, 3.63) is 90.1 Å². The van der Waals surface area contributed by atoms with Crippen LogP contribution in [0.4, 0.5) is 38.0 Å². The first-order valence-electron chi connectivity index (χ1n) is 10.7. The van der Waals surface area contributed by atoms with Gasteiger partial charge in [-0.2, -0.15) is 26.3 Å². The van der Waals surface area contributed by atoms with Gasteiger partial charge in [-0.15, -0.1) is 10.2 Å². The van der Waals surface area contributed by atoms with Crippen LogP contribution in [0.15, 0.2) is 78.9 Å². The average Bonchev–Trinajstić information content (AvgIpc) is 3.32. The highest BCUT2D eigenvalue weighted by atomic mass is 19.4. The summed E-state index contributed by atoms with van der Waals surface area (Å²) >= 11 is 0. The number of pyridine rings is 1. The average molecular weight is 515 g/mol. The Bertz CT molecular complexity index is 1580. The molecule has 0 fully saturated rings. The monoisotopic (exact) mass is 515 g/mol. The lowest BCUT2D eigenvalue weighted by atomic mass is 10.1. The molecule has 0 aliphatic rings. The molecular weight excluding hydrogens is 500 g/mol. The molecule has 12 heteroatoms. The number of anilines is 2. The van der Waals surface area contributed by atoms with E-state index in [9.17, 15) is 26.3 Å². The van der Waals surface area contributed by atoms with Crippen molar-refractivity contribution in [1.29, 1.82) is 0 Å². The fraction of sp³-hybridized carbons (Fsp3) is 0.0800. The second-order valence-corrected chi connectivity index (χ2v) is 7.88. The number of nitrogens with one attached hydrogen (secondary N) is 2. The Balaban J connectivity index is 1.41. The van der Waals surface area contributed by atoms with Crippen LogP contribution in [-0.2, 0) is 12.4 Å². The van der Waals surface area contributed by atoms with Gasteiger partial charge in [-0.1, -0.05) is 30.3 Å². The predicted octanol–water partition coefficient (Wildman–Crippen LogP) is 7.59. The van der Waals surface area contributed by atoms with Crippen LogP contribution in [-0.4, -0.2) is 20.2 Å². The molecule has 6 nitrogen and oxygen atoms in total. The van der Waals surface area contributed by atoms with Crippen LogP contribution < -0.4 is 10.1 Å². The van der Waals surface area contributed by atoms with Crippen molar-refractivity contribution in [2.45, 2.75) is 12.4 Å². The highest BCUT2D eigenvalue weighted by Crippen LogP contribution is 2.37. The number of hydrogen-bond donors (Lipinski definition) is 2. The molecule has 0 saturated heterocycles. The maximum atomic E-state index is 13.4. The minimum Gasteiger partial charge on any atom is -0.457 e. The number of halogens is 6. The molecule has 0 spiro atoms. The minimum absolute atomic E-state index is 0.0282. The summed E-state index contributed by atoms with van der Waals surface area (Å²) in [6.45, 7) is 0. The van der Waals surface area contributed by atoms with Crippen LogP contribution in [0.1, 0.15) is 11.3 Å². The van der Waals surface area contributed by atoms with E-state index < -0.39 is 23.6 Å². The smallest absolute Gasteiger partial charge is 0.433 e. The fourth-order valence-electron chi connectivity index (χ4n) is 3.57. The lowest BCUT2D eigenvalue weighted by molar-refractivity contribution is -0.141. The van der Waals surface area contributed by atoms with E-state index in [1.165, 1.54) is 24.3 Å². The summed E-state index contributed by atoms with van der Waals surface area (Å²) in [4.78, 5) is 6.53. The van der Waals surface area contributed by atoms with Crippen LogP contribution in [0.3, 0.4) is 0 Å². The van der Waals surface area contributed by atoms with E-state index in [1.54, 1.807) is 36.4 Å². The lowest BCUT2D eigenvalue weighted by Gasteiger charge is -2.13. The SMILES string of the molecule is FC(F)(F)c1cccc(Nc2nnc(-c3cccc(Oc4cc(C(F)(F)F)nc5ccccc45)c3)[nH]2)c1. The molecule has 0 unspecified atom stereocenters. The first-order valence-corrected chi connectivity index (χ1v) is 10.7. The first-order chi connectivity index (χ1) is 17.6. The van der Waals surface area contributed by atoms with E-state index in [2.05, 4.69) is 25.5 Å². The molecule has 3 aromatic carbocycles. The molecule has 0 amide bonds. The van der Waals surface area contributed by atoms with Gasteiger partial charge in [0.05, 0.1) is 11.1 Å². The number of hydrogen-bond acceptors (Lipinski definition) is 5. The highest BCUT2D eigenvalue weighted by molar-refractivity contribution is 5.85. The molecule has 0 aliphatic heterocycles. The third kappa shape index (κ3) is 5.32. The summed E-state index contributed by atoms with van der Waals surface area (Å²) in [6, 6.07) is 18.1. The Labute approximate surface area is 205 Å². The zero-order valence-electron chi connectivity index (χ0n) is 18.5. The zero-order valence-corrected chi connectivity index (χ0v) is 18.5. The number of benzene rings is 3. The van der Waals surface area contributed by atoms with E-state index >= 15 is 0 Å². The van der Waals surface area contributed by atoms with Gasteiger partial charge in [0.2, 0.25) is 5.95 Å². The van der Waals surface area contributed by atoms with Crippen molar-refractivity contribution in [2.24, 2.45) is 0 Å². The van der Waals surface area contributed by atoms with E-state index in [1.807, 2.05) is 0 Å². The number of alkyl halides is 6. The van der Waals surface area contributed by atoms with Crippen LogP contribution in [0.2, 0.25) is 0 Å². The molecule has 0 saturated carbocycles. The van der Waals surface area contributed by atoms with Crippen molar-refractivity contribution in [1.82, 2.24) is 20.2 Å². The van der Waals surface area contributed by atoms with Crippen LogP contribution in [0.25, 0.3) is 22.3 Å². The lowest BCUT2D eigenvalue weighted by Crippen LogP contribution is -2.08. The number of para-hydroxylation sites is 1. The second kappa shape index (κ2) is 9.12. The van der Waals surface area contributed by atoms with Crippen molar-refractivity contribution >= 4 is 22.5 Å². The van der Waals surface area contributed by atoms with Gasteiger partial charge in [-0.05, 0) is 42.5 Å². The number of H-pyrrole nitrogens is 1. The molecular formula is C25H15F6N5O. The van der Waals surface area contributed by atoms with Gasteiger partial charge < -0.3 is 15.0 Å². The van der Waals surface area contributed by atoms with Crippen LogP contribution in [0.5, 0.6) is 11.5 Å². The summed E-state index contributed by atoms with van der Waals surface area (Å²) in [6.07, 6.45) is -9.15. The second-order valence-electron chi connectivity index (χ2n) is 7.88. The summed E-state index contributed by atoms with van der Waals surface area (Å²) in [5.74, 6) is 0.552. The number of rotatable bonds is 5. The van der Waals surface area contributed by atoms with Crippen molar-refractivity contribution in [3.8, 4) is 22.9 Å². The van der Waals surface area contributed by atoms with Crippen LogP contribution in [0, 0.1) is 0 Å². The van der Waals surface area contributed by atoms with Gasteiger partial charge in [0.25, 0.3) is 0 Å². The van der Waals surface area contributed by atoms with E-state index in [-0.39, 0.29) is 34.5 Å². The van der Waals surface area contributed by atoms with Crippen molar-refractivity contribution in [2.75, 3.05) is 5.32 Å². The Hall–Kier alpha value is -4.61. The molecule has 5 aromatic rings. The molecule has 0 bridgehead atoms. The Kier molecular flexibility index (Phi) is 5.94. The zero-order chi connectivity index (χ0) is 26.2. The molecule has 37 heavy (non-hydrogen) atoms. The molecule has 0 atom stereocenters. The topological polar surface area (TPSA) is 75.7 Å². The first kappa shape index (κ1) is 24.1. The van der Waals surface area contributed by atoms with Gasteiger partial charge in [0, 0.05) is 22.7 Å². The molecule has 2 aromatic heterocycles. The fourth-order valence-corrected chi connectivity index (χ4v) is 3.57. The largest absolute Gasteiger partial charge is 0.457 e. The van der Waals surface area contributed by atoms with Gasteiger partial charge in [-0.25, -0.2) is 4.98 Å². The number of nitrogens with zero attached hydrogens (tertiary/aromatic N) is 3. The van der Waals surface area contributed by atoms with Crippen molar-refractivity contribution in [3.63, 3.8) is 0 Å². The quantitative estimate of drug-likeness (QED) is 0.236. The Morgan fingerprint density at radius 1 is 0.757 bits per heavy atom. The molecule has 0 radical (unpaired) electrons. The third-order valence-corrected chi connectivity index (χ3v) is 5.24. The standard InChI is InChI=1S/C25H15F6N5O/c26-24(27,28)15-6-4-7-16(12-15)32-23-34-22(35-36-23)14-5-3-8-17(11-14)37-20-13-21(25(29,30)31)33-19-10-2-1-9-18(19)20/h1-13H,(H2,32,34,35,36). The number of aromatic nitrogens is 4.